The molecule has 0 aromatic rings. The van der Waals surface area contributed by atoms with E-state index in [9.17, 15) is 9.13 Å². The van der Waals surface area contributed by atoms with E-state index >= 15 is 0 Å². The summed E-state index contributed by atoms with van der Waals surface area (Å²) < 4.78 is 32.8. The van der Waals surface area contributed by atoms with Gasteiger partial charge in [0.25, 0.3) is 0 Å². The Balaban J connectivity index is -0.000000500. The maximum atomic E-state index is 10.8. The molecule has 72 valence electrons. The molecule has 0 aliphatic heterocycles. The second-order valence-corrected chi connectivity index (χ2v) is 4.64. The van der Waals surface area contributed by atoms with E-state index in [0.29, 0.717) is 0 Å². The van der Waals surface area contributed by atoms with Gasteiger partial charge in [0.2, 0.25) is 0 Å². The molecule has 0 aliphatic carbocycles. The number of hydrogen-bond donors (Lipinski definition) is 2. The van der Waals surface area contributed by atoms with Gasteiger partial charge in [-0.2, -0.15) is 4.31 Å². The van der Waals surface area contributed by atoms with Crippen molar-refractivity contribution in [2.75, 3.05) is 14.2 Å². The van der Waals surface area contributed by atoms with Gasteiger partial charge in [-0.05, 0) is 0 Å². The first-order chi connectivity index (χ1) is 4.83. The van der Waals surface area contributed by atoms with Gasteiger partial charge in [0.15, 0.2) is 0 Å². The van der Waals surface area contributed by atoms with Crippen LogP contribution in [0.1, 0.15) is 0 Å². The molecule has 0 heterocycles. The molecule has 13 heavy (non-hydrogen) atoms. The van der Waals surface area contributed by atoms with E-state index < -0.39 is 15.6 Å². The van der Waals surface area contributed by atoms with Crippen LogP contribution in [0.3, 0.4) is 0 Å². The van der Waals surface area contributed by atoms with E-state index in [1.165, 1.54) is 0 Å². The SMILES string of the molecule is COP(=O)(OC)OP(=O)(O)O.[NaH].[NaH]. The summed E-state index contributed by atoms with van der Waals surface area (Å²) in [5, 5.41) is 0. The molecule has 0 unspecified atom stereocenters. The van der Waals surface area contributed by atoms with Gasteiger partial charge in [0, 0.05) is 14.2 Å². The first-order valence-electron chi connectivity index (χ1n) is 2.31. The van der Waals surface area contributed by atoms with Crippen LogP contribution in [0.5, 0.6) is 0 Å². The van der Waals surface area contributed by atoms with Gasteiger partial charge in [-0.1, -0.05) is 0 Å². The van der Waals surface area contributed by atoms with Crippen molar-refractivity contribution in [3.8, 4) is 0 Å². The molecule has 0 aromatic carbocycles. The van der Waals surface area contributed by atoms with Crippen molar-refractivity contribution in [2.45, 2.75) is 0 Å². The maximum absolute atomic E-state index is 10.8. The Labute approximate surface area is 120 Å². The molecule has 0 radical (unpaired) electrons. The second-order valence-electron chi connectivity index (χ2n) is 1.38. The van der Waals surface area contributed by atoms with Crippen LogP contribution in [0.25, 0.3) is 0 Å². The van der Waals surface area contributed by atoms with Gasteiger partial charge in [0.05, 0.1) is 0 Å². The third-order valence-corrected chi connectivity index (χ3v) is 3.20. The van der Waals surface area contributed by atoms with Crippen LogP contribution in [0.15, 0.2) is 0 Å². The molecule has 0 bridgehead atoms. The second kappa shape index (κ2) is 8.42. The zero-order valence-corrected chi connectivity index (χ0v) is 7.62. The third-order valence-electron chi connectivity index (χ3n) is 0.654. The summed E-state index contributed by atoms with van der Waals surface area (Å²) >= 11 is 0. The summed E-state index contributed by atoms with van der Waals surface area (Å²) in [5.41, 5.74) is 0. The summed E-state index contributed by atoms with van der Waals surface area (Å²) in [6.45, 7) is 0. The monoisotopic (exact) mass is 254 g/mol. The summed E-state index contributed by atoms with van der Waals surface area (Å²) in [4.78, 5) is 16.3. The summed E-state index contributed by atoms with van der Waals surface area (Å²) in [6.07, 6.45) is 0. The van der Waals surface area contributed by atoms with Crippen LogP contribution in [0.2, 0.25) is 0 Å². The first kappa shape index (κ1) is 20.6. The zero-order valence-electron chi connectivity index (χ0n) is 5.83. The zero-order chi connectivity index (χ0) is 9.12. The Morgan fingerprint density at radius 2 is 1.31 bits per heavy atom. The molecule has 0 saturated carbocycles. The fourth-order valence-corrected chi connectivity index (χ4v) is 2.00. The molecular weight excluding hydrogens is 244 g/mol. The first-order valence-corrected chi connectivity index (χ1v) is 5.30. The molecule has 0 rings (SSSR count). The summed E-state index contributed by atoms with van der Waals surface area (Å²) in [6, 6.07) is 0. The Morgan fingerprint density at radius 1 is 1.00 bits per heavy atom. The topological polar surface area (TPSA) is 102 Å². The van der Waals surface area contributed by atoms with Crippen molar-refractivity contribution >= 4 is 74.8 Å². The quantitative estimate of drug-likeness (QED) is 0.500. The van der Waals surface area contributed by atoms with Crippen LogP contribution < -0.4 is 0 Å². The number of phosphoric ester groups is 1. The summed E-state index contributed by atoms with van der Waals surface area (Å²) in [5.74, 6) is 0. The molecule has 7 nitrogen and oxygen atoms in total. The van der Waals surface area contributed by atoms with E-state index in [1.807, 2.05) is 0 Å². The standard InChI is InChI=1S/C2H8O7P2.2Na.2H/c1-7-11(6,8-2)9-10(3,4)5;;;;/h1-2H3,(H2,3,4,5);;;;. The molecule has 0 aromatic heterocycles. The van der Waals surface area contributed by atoms with Crippen molar-refractivity contribution < 1.29 is 32.3 Å². The number of phosphoric acid groups is 2. The Kier molecular flexibility index (Phi) is 13.4. The van der Waals surface area contributed by atoms with Crippen LogP contribution in [-0.2, 0) is 22.5 Å². The molecule has 0 spiro atoms. The van der Waals surface area contributed by atoms with Gasteiger partial charge in [-0.15, -0.1) is 0 Å². The van der Waals surface area contributed by atoms with E-state index in [0.717, 1.165) is 14.2 Å². The van der Waals surface area contributed by atoms with E-state index in [4.69, 9.17) is 9.79 Å². The molecule has 0 fully saturated rings. The molecule has 0 saturated heterocycles. The molecule has 0 amide bonds. The van der Waals surface area contributed by atoms with E-state index in [1.54, 1.807) is 0 Å². The van der Waals surface area contributed by atoms with E-state index in [2.05, 4.69) is 13.4 Å². The van der Waals surface area contributed by atoms with Gasteiger partial charge >= 0.3 is 74.8 Å². The van der Waals surface area contributed by atoms with Crippen molar-refractivity contribution in [3.05, 3.63) is 0 Å². The van der Waals surface area contributed by atoms with Crippen molar-refractivity contribution in [1.29, 1.82) is 0 Å². The van der Waals surface area contributed by atoms with Gasteiger partial charge in [0.1, 0.15) is 0 Å². The van der Waals surface area contributed by atoms with Crippen LogP contribution >= 0.6 is 15.6 Å². The normalized spacial score (nSPS) is 11.4. The fourth-order valence-electron chi connectivity index (χ4n) is 0.271. The fraction of sp³-hybridized carbons (Fsp3) is 1.00. The average Bonchev–Trinajstić information content (AvgIpc) is 1.84. The predicted molar refractivity (Wildman–Crippen MR) is 49.1 cm³/mol. The minimum absolute atomic E-state index is 0. The van der Waals surface area contributed by atoms with Crippen molar-refractivity contribution in [1.82, 2.24) is 0 Å². The average molecular weight is 254 g/mol. The minimum atomic E-state index is -4.83. The molecular formula is C2H10Na2O7P2. The van der Waals surface area contributed by atoms with Gasteiger partial charge in [-0.3, -0.25) is 9.05 Å². The molecule has 2 N–H and O–H groups in total. The molecule has 11 heteroatoms. The number of hydrogen-bond acceptors (Lipinski definition) is 5. The van der Waals surface area contributed by atoms with Gasteiger partial charge in [-0.25, -0.2) is 9.13 Å². The number of rotatable bonds is 4. The van der Waals surface area contributed by atoms with Crippen molar-refractivity contribution in [3.63, 3.8) is 0 Å². The van der Waals surface area contributed by atoms with Crippen LogP contribution in [0, 0.1) is 0 Å². The van der Waals surface area contributed by atoms with Crippen LogP contribution in [0.4, 0.5) is 0 Å². The predicted octanol–water partition coefficient (Wildman–Crippen LogP) is -0.800. The summed E-state index contributed by atoms with van der Waals surface area (Å²) in [7, 11) is -7.01. The van der Waals surface area contributed by atoms with Crippen LogP contribution in [-0.4, -0.2) is 83.1 Å². The van der Waals surface area contributed by atoms with Crippen molar-refractivity contribution in [2.24, 2.45) is 0 Å². The Morgan fingerprint density at radius 3 is 1.38 bits per heavy atom. The molecule has 0 aliphatic rings. The third kappa shape index (κ3) is 10.5. The molecule has 0 atom stereocenters. The Bertz CT molecular complexity index is 205. The van der Waals surface area contributed by atoms with Gasteiger partial charge < -0.3 is 9.79 Å². The Hall–Kier alpha value is 2.26. The van der Waals surface area contributed by atoms with E-state index in [-0.39, 0.29) is 59.1 Å².